The van der Waals surface area contributed by atoms with Gasteiger partial charge in [-0.05, 0) is 63.0 Å². The van der Waals surface area contributed by atoms with Gasteiger partial charge in [-0.1, -0.05) is 0 Å². The van der Waals surface area contributed by atoms with Gasteiger partial charge in [0.25, 0.3) is 0 Å². The molecule has 1 aromatic carbocycles. The van der Waals surface area contributed by atoms with Gasteiger partial charge >= 0.3 is 0 Å². The Hall–Kier alpha value is -1.55. The fraction of sp³-hybridized carbons (Fsp3) is 0.533. The summed E-state index contributed by atoms with van der Waals surface area (Å²) >= 11 is 0. The summed E-state index contributed by atoms with van der Waals surface area (Å²) in [5, 5.41) is 6.29. The number of methoxy groups -OCH3 is 1. The van der Waals surface area contributed by atoms with E-state index in [0.717, 1.165) is 48.5 Å². The Labute approximate surface area is 114 Å². The molecule has 1 saturated heterocycles. The Morgan fingerprint density at radius 2 is 1.84 bits per heavy atom. The Kier molecular flexibility index (Phi) is 4.43. The van der Waals surface area contributed by atoms with Gasteiger partial charge in [-0.2, -0.15) is 0 Å². The molecule has 4 heteroatoms. The fourth-order valence-corrected chi connectivity index (χ4v) is 2.67. The minimum atomic E-state index is 0.129. The van der Waals surface area contributed by atoms with Crippen molar-refractivity contribution >= 4 is 11.6 Å². The molecule has 1 fully saturated rings. The van der Waals surface area contributed by atoms with Crippen LogP contribution in [0.1, 0.15) is 24.0 Å². The summed E-state index contributed by atoms with van der Waals surface area (Å²) < 4.78 is 5.33. The van der Waals surface area contributed by atoms with Crippen molar-refractivity contribution in [1.29, 1.82) is 0 Å². The first-order valence-electron chi connectivity index (χ1n) is 6.78. The van der Waals surface area contributed by atoms with Crippen LogP contribution in [0.25, 0.3) is 0 Å². The third kappa shape index (κ3) is 3.26. The molecule has 1 heterocycles. The summed E-state index contributed by atoms with van der Waals surface area (Å²) in [6.45, 7) is 5.84. The zero-order chi connectivity index (χ0) is 13.8. The van der Waals surface area contributed by atoms with E-state index in [9.17, 15) is 4.79 Å². The summed E-state index contributed by atoms with van der Waals surface area (Å²) in [5.41, 5.74) is 2.95. The molecule has 0 saturated carbocycles. The second kappa shape index (κ2) is 6.06. The van der Waals surface area contributed by atoms with Crippen molar-refractivity contribution in [3.8, 4) is 5.75 Å². The number of piperidine rings is 1. The van der Waals surface area contributed by atoms with Crippen LogP contribution in [0.15, 0.2) is 12.1 Å². The molecule has 0 aliphatic carbocycles. The van der Waals surface area contributed by atoms with Gasteiger partial charge in [0.1, 0.15) is 5.75 Å². The number of benzene rings is 1. The first-order valence-corrected chi connectivity index (χ1v) is 6.78. The number of aryl methyl sites for hydroxylation is 2. The standard InChI is InChI=1S/C15H22N2O2/c1-10-8-13(9-11(2)14(10)19-3)17-15(18)12-4-6-16-7-5-12/h8-9,12,16H,4-7H2,1-3H3,(H,17,18). The van der Waals surface area contributed by atoms with Crippen LogP contribution >= 0.6 is 0 Å². The minimum absolute atomic E-state index is 0.129. The predicted molar refractivity (Wildman–Crippen MR) is 76.7 cm³/mol. The smallest absolute Gasteiger partial charge is 0.227 e. The fourth-order valence-electron chi connectivity index (χ4n) is 2.67. The molecule has 104 valence electrons. The molecule has 1 amide bonds. The van der Waals surface area contributed by atoms with Crippen molar-refractivity contribution in [3.05, 3.63) is 23.3 Å². The molecule has 0 bridgehead atoms. The zero-order valence-electron chi connectivity index (χ0n) is 11.9. The van der Waals surface area contributed by atoms with Crippen LogP contribution in [0.5, 0.6) is 5.75 Å². The number of hydrogen-bond donors (Lipinski definition) is 2. The van der Waals surface area contributed by atoms with E-state index in [2.05, 4.69) is 10.6 Å². The van der Waals surface area contributed by atoms with Gasteiger partial charge in [-0.3, -0.25) is 4.79 Å². The third-order valence-corrected chi connectivity index (χ3v) is 3.64. The van der Waals surface area contributed by atoms with E-state index in [4.69, 9.17) is 4.74 Å². The molecular formula is C15H22N2O2. The molecule has 1 aliphatic rings. The van der Waals surface area contributed by atoms with Crippen LogP contribution in [0.2, 0.25) is 0 Å². The molecule has 0 atom stereocenters. The highest BCUT2D eigenvalue weighted by Gasteiger charge is 2.21. The van der Waals surface area contributed by atoms with Crippen LogP contribution in [0, 0.1) is 19.8 Å². The van der Waals surface area contributed by atoms with E-state index >= 15 is 0 Å². The van der Waals surface area contributed by atoms with Crippen LogP contribution < -0.4 is 15.4 Å². The lowest BCUT2D eigenvalue weighted by Gasteiger charge is -2.22. The normalized spacial score (nSPS) is 16.2. The third-order valence-electron chi connectivity index (χ3n) is 3.64. The molecule has 1 aromatic rings. The molecule has 0 unspecified atom stereocenters. The number of rotatable bonds is 3. The summed E-state index contributed by atoms with van der Waals surface area (Å²) in [6.07, 6.45) is 1.83. The van der Waals surface area contributed by atoms with Gasteiger partial charge in [0.2, 0.25) is 5.91 Å². The molecule has 19 heavy (non-hydrogen) atoms. The number of amides is 1. The number of hydrogen-bond acceptors (Lipinski definition) is 3. The molecular weight excluding hydrogens is 240 g/mol. The topological polar surface area (TPSA) is 50.4 Å². The predicted octanol–water partition coefficient (Wildman–Crippen LogP) is 2.25. The van der Waals surface area contributed by atoms with Crippen molar-refractivity contribution < 1.29 is 9.53 Å². The number of carbonyl (C=O) groups excluding carboxylic acids is 1. The maximum atomic E-state index is 12.2. The van der Waals surface area contributed by atoms with Crippen molar-refractivity contribution in [2.45, 2.75) is 26.7 Å². The second-order valence-electron chi connectivity index (χ2n) is 5.16. The van der Waals surface area contributed by atoms with Crippen molar-refractivity contribution in [3.63, 3.8) is 0 Å². The highest BCUT2D eigenvalue weighted by atomic mass is 16.5. The van der Waals surface area contributed by atoms with Gasteiger partial charge in [0, 0.05) is 11.6 Å². The lowest BCUT2D eigenvalue weighted by atomic mass is 9.97. The average Bonchev–Trinajstić information content (AvgIpc) is 2.39. The first-order chi connectivity index (χ1) is 9.11. The lowest BCUT2D eigenvalue weighted by molar-refractivity contribution is -0.120. The van der Waals surface area contributed by atoms with Crippen LogP contribution in [-0.4, -0.2) is 26.1 Å². The van der Waals surface area contributed by atoms with E-state index in [1.165, 1.54) is 0 Å². The quantitative estimate of drug-likeness (QED) is 0.878. The first kappa shape index (κ1) is 13.9. The monoisotopic (exact) mass is 262 g/mol. The van der Waals surface area contributed by atoms with Gasteiger partial charge in [0.15, 0.2) is 0 Å². The Bertz CT molecular complexity index is 442. The Morgan fingerprint density at radius 1 is 1.26 bits per heavy atom. The summed E-state index contributed by atoms with van der Waals surface area (Å²) in [4.78, 5) is 12.2. The van der Waals surface area contributed by atoms with Gasteiger partial charge in [0.05, 0.1) is 7.11 Å². The minimum Gasteiger partial charge on any atom is -0.496 e. The largest absolute Gasteiger partial charge is 0.496 e. The number of nitrogens with one attached hydrogen (secondary N) is 2. The highest BCUT2D eigenvalue weighted by Crippen LogP contribution is 2.27. The lowest BCUT2D eigenvalue weighted by Crippen LogP contribution is -2.34. The Balaban J connectivity index is 2.08. The summed E-state index contributed by atoms with van der Waals surface area (Å²) in [6, 6.07) is 3.93. The zero-order valence-corrected chi connectivity index (χ0v) is 11.9. The maximum absolute atomic E-state index is 12.2. The molecule has 0 spiro atoms. The number of ether oxygens (including phenoxy) is 1. The second-order valence-corrected chi connectivity index (χ2v) is 5.16. The van der Waals surface area contributed by atoms with Crippen LogP contribution in [-0.2, 0) is 4.79 Å². The van der Waals surface area contributed by atoms with Gasteiger partial charge in [-0.25, -0.2) is 0 Å². The van der Waals surface area contributed by atoms with E-state index in [1.807, 2.05) is 26.0 Å². The van der Waals surface area contributed by atoms with E-state index in [1.54, 1.807) is 7.11 Å². The summed E-state index contributed by atoms with van der Waals surface area (Å²) in [5.74, 6) is 1.15. The highest BCUT2D eigenvalue weighted by molar-refractivity contribution is 5.93. The van der Waals surface area contributed by atoms with Crippen molar-refractivity contribution in [2.24, 2.45) is 5.92 Å². The molecule has 4 nitrogen and oxygen atoms in total. The van der Waals surface area contributed by atoms with E-state index in [0.29, 0.717) is 0 Å². The van der Waals surface area contributed by atoms with Crippen LogP contribution in [0.4, 0.5) is 5.69 Å². The average molecular weight is 262 g/mol. The van der Waals surface area contributed by atoms with E-state index < -0.39 is 0 Å². The SMILES string of the molecule is COc1c(C)cc(NC(=O)C2CCNCC2)cc1C. The van der Waals surface area contributed by atoms with Gasteiger partial charge < -0.3 is 15.4 Å². The molecule has 0 aromatic heterocycles. The van der Waals surface area contributed by atoms with Crippen LogP contribution in [0.3, 0.4) is 0 Å². The molecule has 1 aliphatic heterocycles. The number of anilines is 1. The van der Waals surface area contributed by atoms with E-state index in [-0.39, 0.29) is 11.8 Å². The molecule has 2 N–H and O–H groups in total. The summed E-state index contributed by atoms with van der Waals surface area (Å²) in [7, 11) is 1.67. The molecule has 2 rings (SSSR count). The van der Waals surface area contributed by atoms with Crippen molar-refractivity contribution in [2.75, 3.05) is 25.5 Å². The maximum Gasteiger partial charge on any atom is 0.227 e. The van der Waals surface area contributed by atoms with Crippen molar-refractivity contribution in [1.82, 2.24) is 5.32 Å². The Morgan fingerprint density at radius 3 is 2.37 bits per heavy atom. The molecule has 0 radical (unpaired) electrons. The van der Waals surface area contributed by atoms with Gasteiger partial charge in [-0.15, -0.1) is 0 Å². The number of carbonyl (C=O) groups is 1.